The fourth-order valence-corrected chi connectivity index (χ4v) is 1.44. The molecule has 0 aliphatic carbocycles. The van der Waals surface area contributed by atoms with Crippen molar-refractivity contribution < 1.29 is 9.90 Å². The molecule has 0 bridgehead atoms. The molecule has 0 saturated carbocycles. The summed E-state index contributed by atoms with van der Waals surface area (Å²) in [4.78, 5) is 11.4. The number of aliphatic hydroxyl groups excluding tert-OH is 1. The maximum atomic E-state index is 11.4. The van der Waals surface area contributed by atoms with Crippen molar-refractivity contribution >= 4 is 11.6 Å². The Kier molecular flexibility index (Phi) is 4.99. The highest BCUT2D eigenvalue weighted by Gasteiger charge is 2.03. The molecule has 0 heterocycles. The van der Waals surface area contributed by atoms with E-state index in [4.69, 9.17) is 5.11 Å². The van der Waals surface area contributed by atoms with Gasteiger partial charge in [0.25, 0.3) is 0 Å². The highest BCUT2D eigenvalue weighted by atomic mass is 16.3. The van der Waals surface area contributed by atoms with Gasteiger partial charge in [-0.2, -0.15) is 0 Å². The number of hydrogen-bond donors (Lipinski definition) is 2. The Labute approximate surface area is 96.5 Å². The van der Waals surface area contributed by atoms with Gasteiger partial charge in [0, 0.05) is 18.7 Å². The Morgan fingerprint density at radius 1 is 1.44 bits per heavy atom. The highest BCUT2D eigenvalue weighted by molar-refractivity contribution is 5.90. The molecule has 0 spiro atoms. The first-order valence-electron chi connectivity index (χ1n) is 5.64. The predicted octanol–water partition coefficient (Wildman–Crippen LogP) is 2.52. The van der Waals surface area contributed by atoms with E-state index in [9.17, 15) is 4.79 Å². The summed E-state index contributed by atoms with van der Waals surface area (Å²) in [6, 6.07) is 7.86. The number of amides is 1. The molecular weight excluding hydrogens is 202 g/mol. The van der Waals surface area contributed by atoms with Gasteiger partial charge in [-0.15, -0.1) is 0 Å². The maximum Gasteiger partial charge on any atom is 0.224 e. The minimum Gasteiger partial charge on any atom is -0.396 e. The smallest absolute Gasteiger partial charge is 0.224 e. The average molecular weight is 221 g/mol. The molecule has 0 aliphatic rings. The highest BCUT2D eigenvalue weighted by Crippen LogP contribution is 2.18. The van der Waals surface area contributed by atoms with Gasteiger partial charge in [0.05, 0.1) is 0 Å². The molecule has 3 nitrogen and oxygen atoms in total. The molecule has 0 radical (unpaired) electrons. The number of rotatable bonds is 5. The normalized spacial score (nSPS) is 10.5. The van der Waals surface area contributed by atoms with Gasteiger partial charge in [0.2, 0.25) is 5.91 Å². The molecule has 0 saturated heterocycles. The van der Waals surface area contributed by atoms with Gasteiger partial charge in [-0.05, 0) is 30.0 Å². The van der Waals surface area contributed by atoms with Gasteiger partial charge in [-0.1, -0.05) is 26.0 Å². The van der Waals surface area contributed by atoms with Crippen molar-refractivity contribution in [2.75, 3.05) is 11.9 Å². The molecular formula is C13H19NO2. The largest absolute Gasteiger partial charge is 0.396 e. The zero-order chi connectivity index (χ0) is 12.0. The van der Waals surface area contributed by atoms with Gasteiger partial charge in [-0.25, -0.2) is 0 Å². The first kappa shape index (κ1) is 12.7. The van der Waals surface area contributed by atoms with Gasteiger partial charge in [-0.3, -0.25) is 4.79 Å². The second-order valence-corrected chi connectivity index (χ2v) is 4.16. The van der Waals surface area contributed by atoms with E-state index in [1.807, 2.05) is 24.3 Å². The van der Waals surface area contributed by atoms with Crippen molar-refractivity contribution in [3.05, 3.63) is 29.8 Å². The Morgan fingerprint density at radius 3 is 2.81 bits per heavy atom. The average Bonchev–Trinajstić information content (AvgIpc) is 2.26. The second kappa shape index (κ2) is 6.28. The summed E-state index contributed by atoms with van der Waals surface area (Å²) in [5.41, 5.74) is 2.04. The lowest BCUT2D eigenvalue weighted by molar-refractivity contribution is -0.116. The van der Waals surface area contributed by atoms with E-state index in [0.717, 1.165) is 5.69 Å². The van der Waals surface area contributed by atoms with Crippen LogP contribution in [0.1, 0.15) is 38.2 Å². The third-order valence-electron chi connectivity index (χ3n) is 2.40. The third-order valence-corrected chi connectivity index (χ3v) is 2.40. The van der Waals surface area contributed by atoms with E-state index in [2.05, 4.69) is 19.2 Å². The van der Waals surface area contributed by atoms with Crippen LogP contribution in [0, 0.1) is 0 Å². The molecule has 0 unspecified atom stereocenters. The molecule has 16 heavy (non-hydrogen) atoms. The van der Waals surface area contributed by atoms with Crippen molar-refractivity contribution in [1.82, 2.24) is 0 Å². The van der Waals surface area contributed by atoms with Gasteiger partial charge >= 0.3 is 0 Å². The Bertz CT molecular complexity index is 348. The molecule has 2 N–H and O–H groups in total. The van der Waals surface area contributed by atoms with E-state index >= 15 is 0 Å². The first-order chi connectivity index (χ1) is 7.63. The number of anilines is 1. The molecule has 0 aliphatic heterocycles. The maximum absolute atomic E-state index is 11.4. The van der Waals surface area contributed by atoms with Crippen LogP contribution >= 0.6 is 0 Å². The summed E-state index contributed by atoms with van der Waals surface area (Å²) >= 11 is 0. The lowest BCUT2D eigenvalue weighted by atomic mass is 10.0. The van der Waals surface area contributed by atoms with E-state index in [0.29, 0.717) is 18.8 Å². The number of hydrogen-bond acceptors (Lipinski definition) is 2. The van der Waals surface area contributed by atoms with Gasteiger partial charge < -0.3 is 10.4 Å². The molecule has 1 aromatic rings. The fourth-order valence-electron chi connectivity index (χ4n) is 1.44. The van der Waals surface area contributed by atoms with Crippen LogP contribution in [-0.4, -0.2) is 17.6 Å². The standard InChI is InChI=1S/C13H19NO2/c1-10(2)11-5-3-6-12(9-11)14-13(16)7-4-8-15/h3,5-6,9-10,15H,4,7-8H2,1-2H3,(H,14,16). The molecule has 3 heteroatoms. The van der Waals surface area contributed by atoms with E-state index in [1.54, 1.807) is 0 Å². The van der Waals surface area contributed by atoms with Crippen molar-refractivity contribution in [2.45, 2.75) is 32.6 Å². The molecule has 0 atom stereocenters. The first-order valence-corrected chi connectivity index (χ1v) is 5.64. The van der Waals surface area contributed by atoms with Gasteiger partial charge in [0.15, 0.2) is 0 Å². The molecule has 1 amide bonds. The minimum absolute atomic E-state index is 0.0463. The zero-order valence-corrected chi connectivity index (χ0v) is 9.86. The minimum atomic E-state index is -0.0463. The van der Waals surface area contributed by atoms with Crippen LogP contribution in [0.15, 0.2) is 24.3 Å². The number of benzene rings is 1. The van der Waals surface area contributed by atoms with Crippen LogP contribution in [0.4, 0.5) is 5.69 Å². The van der Waals surface area contributed by atoms with Crippen LogP contribution < -0.4 is 5.32 Å². The summed E-state index contributed by atoms with van der Waals surface area (Å²) < 4.78 is 0. The lowest BCUT2D eigenvalue weighted by Crippen LogP contribution is -2.11. The summed E-state index contributed by atoms with van der Waals surface area (Å²) in [5.74, 6) is 0.407. The van der Waals surface area contributed by atoms with Crippen LogP contribution in [0.25, 0.3) is 0 Å². The quantitative estimate of drug-likeness (QED) is 0.802. The molecule has 0 fully saturated rings. The SMILES string of the molecule is CC(C)c1cccc(NC(=O)CCCO)c1. The van der Waals surface area contributed by atoms with Crippen molar-refractivity contribution in [1.29, 1.82) is 0 Å². The Hall–Kier alpha value is -1.35. The monoisotopic (exact) mass is 221 g/mol. The molecule has 1 aromatic carbocycles. The lowest BCUT2D eigenvalue weighted by Gasteiger charge is -2.09. The Morgan fingerprint density at radius 2 is 2.19 bits per heavy atom. The van der Waals surface area contributed by atoms with Crippen LogP contribution in [0.2, 0.25) is 0 Å². The topological polar surface area (TPSA) is 49.3 Å². The molecule has 88 valence electrons. The Balaban J connectivity index is 2.59. The summed E-state index contributed by atoms with van der Waals surface area (Å²) in [7, 11) is 0. The van der Waals surface area contributed by atoms with E-state index in [-0.39, 0.29) is 12.5 Å². The summed E-state index contributed by atoms with van der Waals surface area (Å²) in [6.45, 7) is 4.29. The van der Waals surface area contributed by atoms with Crippen molar-refractivity contribution in [3.8, 4) is 0 Å². The van der Waals surface area contributed by atoms with Crippen LogP contribution in [0.3, 0.4) is 0 Å². The zero-order valence-electron chi connectivity index (χ0n) is 9.86. The summed E-state index contributed by atoms with van der Waals surface area (Å²) in [6.07, 6.45) is 0.873. The number of carbonyl (C=O) groups is 1. The number of nitrogens with one attached hydrogen (secondary N) is 1. The van der Waals surface area contributed by atoms with Crippen LogP contribution in [-0.2, 0) is 4.79 Å². The molecule has 0 aromatic heterocycles. The number of aliphatic hydroxyl groups is 1. The molecule has 1 rings (SSSR count). The number of carbonyl (C=O) groups excluding carboxylic acids is 1. The van der Waals surface area contributed by atoms with E-state index < -0.39 is 0 Å². The second-order valence-electron chi connectivity index (χ2n) is 4.16. The van der Waals surface area contributed by atoms with Gasteiger partial charge in [0.1, 0.15) is 0 Å². The fraction of sp³-hybridized carbons (Fsp3) is 0.462. The van der Waals surface area contributed by atoms with Crippen LogP contribution in [0.5, 0.6) is 0 Å². The third kappa shape index (κ3) is 4.03. The summed E-state index contributed by atoms with van der Waals surface area (Å²) in [5, 5.41) is 11.4. The predicted molar refractivity (Wildman–Crippen MR) is 65.5 cm³/mol. The van der Waals surface area contributed by atoms with Crippen molar-refractivity contribution in [3.63, 3.8) is 0 Å². The van der Waals surface area contributed by atoms with Crippen molar-refractivity contribution in [2.24, 2.45) is 0 Å². The van der Waals surface area contributed by atoms with E-state index in [1.165, 1.54) is 5.56 Å².